The molecule has 1 N–H and O–H groups in total. The lowest BCUT2D eigenvalue weighted by molar-refractivity contribution is 0.127. The minimum Gasteiger partial charge on any atom is -0.396 e. The molecule has 15 heavy (non-hydrogen) atoms. The lowest BCUT2D eigenvalue weighted by Gasteiger charge is -1.94. The van der Waals surface area contributed by atoms with Gasteiger partial charge in [-0.05, 0) is 38.3 Å². The van der Waals surface area contributed by atoms with Crippen LogP contribution in [0.15, 0.2) is 24.3 Å². The molecule has 0 atom stereocenters. The molecule has 0 fully saturated rings. The number of benzene rings is 1. The molecule has 0 spiro atoms. The summed E-state index contributed by atoms with van der Waals surface area (Å²) in [5.41, 5.74) is 2.74. The van der Waals surface area contributed by atoms with Gasteiger partial charge in [0, 0.05) is 19.8 Å². The molecule has 0 bridgehead atoms. The number of aliphatic hydroxyl groups excluding tert-OH is 1. The van der Waals surface area contributed by atoms with E-state index in [1.807, 2.05) is 6.92 Å². The standard InChI is InChI=1S/C8H10.C5H12O2/c1-7-5-3-4-6-8(7)2;1-2-7-5-3-4-6/h3-6H,1-2H3;6H,2-5H2,1H3. The third-order valence-corrected chi connectivity index (χ3v) is 2.08. The highest BCUT2D eigenvalue weighted by molar-refractivity contribution is 5.23. The first-order chi connectivity index (χ1) is 7.22. The Balaban J connectivity index is 0.000000265. The molecule has 0 aliphatic rings. The topological polar surface area (TPSA) is 29.5 Å². The Labute approximate surface area is 92.9 Å². The first-order valence-corrected chi connectivity index (χ1v) is 5.43. The molecular weight excluding hydrogens is 188 g/mol. The van der Waals surface area contributed by atoms with Gasteiger partial charge in [0.15, 0.2) is 0 Å². The van der Waals surface area contributed by atoms with Crippen molar-refractivity contribution in [3.05, 3.63) is 35.4 Å². The molecular formula is C13H22O2. The van der Waals surface area contributed by atoms with E-state index in [4.69, 9.17) is 9.84 Å². The number of rotatable bonds is 4. The predicted molar refractivity (Wildman–Crippen MR) is 64.1 cm³/mol. The zero-order chi connectivity index (χ0) is 11.5. The fourth-order valence-electron chi connectivity index (χ4n) is 0.974. The van der Waals surface area contributed by atoms with E-state index < -0.39 is 0 Å². The van der Waals surface area contributed by atoms with E-state index in [0.29, 0.717) is 6.61 Å². The van der Waals surface area contributed by atoms with Crippen molar-refractivity contribution in [3.8, 4) is 0 Å². The van der Waals surface area contributed by atoms with Crippen molar-refractivity contribution in [2.45, 2.75) is 27.2 Å². The first kappa shape index (κ1) is 14.1. The highest BCUT2D eigenvalue weighted by Gasteiger charge is 1.83. The Morgan fingerprint density at radius 2 is 1.67 bits per heavy atom. The Kier molecular flexibility index (Phi) is 9.13. The third-order valence-electron chi connectivity index (χ3n) is 2.08. The molecule has 1 aromatic carbocycles. The van der Waals surface area contributed by atoms with E-state index in [2.05, 4.69) is 38.1 Å². The van der Waals surface area contributed by atoms with Gasteiger partial charge in [0.2, 0.25) is 0 Å². The van der Waals surface area contributed by atoms with Crippen molar-refractivity contribution in [2.75, 3.05) is 19.8 Å². The van der Waals surface area contributed by atoms with Gasteiger partial charge in [0.05, 0.1) is 0 Å². The Bertz CT molecular complexity index is 221. The second-order valence-electron chi connectivity index (χ2n) is 3.36. The van der Waals surface area contributed by atoms with Gasteiger partial charge in [-0.15, -0.1) is 0 Å². The van der Waals surface area contributed by atoms with Crippen molar-refractivity contribution < 1.29 is 9.84 Å². The molecule has 1 rings (SSSR count). The largest absolute Gasteiger partial charge is 0.396 e. The molecule has 0 heterocycles. The average Bonchev–Trinajstić information content (AvgIpc) is 2.24. The Hall–Kier alpha value is -0.860. The lowest BCUT2D eigenvalue weighted by atomic mass is 10.1. The van der Waals surface area contributed by atoms with Gasteiger partial charge < -0.3 is 9.84 Å². The van der Waals surface area contributed by atoms with Crippen molar-refractivity contribution in [2.24, 2.45) is 0 Å². The van der Waals surface area contributed by atoms with Gasteiger partial charge in [0.25, 0.3) is 0 Å². The number of hydrogen-bond donors (Lipinski definition) is 1. The van der Waals surface area contributed by atoms with Crippen LogP contribution >= 0.6 is 0 Å². The summed E-state index contributed by atoms with van der Waals surface area (Å²) in [6.07, 6.45) is 0.758. The normalized spacial score (nSPS) is 9.33. The molecule has 0 amide bonds. The van der Waals surface area contributed by atoms with E-state index in [1.54, 1.807) is 0 Å². The van der Waals surface area contributed by atoms with Crippen molar-refractivity contribution in [1.82, 2.24) is 0 Å². The van der Waals surface area contributed by atoms with Crippen LogP contribution in [-0.4, -0.2) is 24.9 Å². The molecule has 2 nitrogen and oxygen atoms in total. The number of ether oxygens (including phenoxy) is 1. The van der Waals surface area contributed by atoms with Crippen LogP contribution in [0.2, 0.25) is 0 Å². The maximum atomic E-state index is 8.21. The summed E-state index contributed by atoms with van der Waals surface area (Å²) >= 11 is 0. The van der Waals surface area contributed by atoms with Crippen LogP contribution in [0, 0.1) is 13.8 Å². The maximum Gasteiger partial charge on any atom is 0.0487 e. The van der Waals surface area contributed by atoms with Gasteiger partial charge >= 0.3 is 0 Å². The van der Waals surface area contributed by atoms with Crippen molar-refractivity contribution in [1.29, 1.82) is 0 Å². The highest BCUT2D eigenvalue weighted by atomic mass is 16.5. The van der Waals surface area contributed by atoms with Crippen LogP contribution in [0.5, 0.6) is 0 Å². The molecule has 0 aromatic heterocycles. The summed E-state index contributed by atoms with van der Waals surface area (Å²) in [6, 6.07) is 8.36. The van der Waals surface area contributed by atoms with Gasteiger partial charge in [-0.1, -0.05) is 24.3 Å². The van der Waals surface area contributed by atoms with E-state index in [1.165, 1.54) is 11.1 Å². The minimum atomic E-state index is 0.236. The maximum absolute atomic E-state index is 8.21. The van der Waals surface area contributed by atoms with Crippen LogP contribution in [0.25, 0.3) is 0 Å². The first-order valence-electron chi connectivity index (χ1n) is 5.43. The number of aliphatic hydroxyl groups is 1. The number of hydrogen-bond acceptors (Lipinski definition) is 2. The molecule has 0 saturated carbocycles. The second kappa shape index (κ2) is 9.69. The summed E-state index contributed by atoms with van der Waals surface area (Å²) < 4.78 is 4.91. The molecule has 2 heteroatoms. The molecule has 86 valence electrons. The summed E-state index contributed by atoms with van der Waals surface area (Å²) in [5.74, 6) is 0. The Morgan fingerprint density at radius 3 is 2.00 bits per heavy atom. The SMILES string of the molecule is CCOCCCO.Cc1ccccc1C. The van der Waals surface area contributed by atoms with Gasteiger partial charge in [-0.25, -0.2) is 0 Å². The minimum absolute atomic E-state index is 0.236. The summed E-state index contributed by atoms with van der Waals surface area (Å²) in [7, 11) is 0. The fraction of sp³-hybridized carbons (Fsp3) is 0.538. The lowest BCUT2D eigenvalue weighted by Crippen LogP contribution is -1.95. The van der Waals surface area contributed by atoms with Crippen LogP contribution < -0.4 is 0 Å². The fourth-order valence-corrected chi connectivity index (χ4v) is 0.974. The van der Waals surface area contributed by atoms with E-state index in [-0.39, 0.29) is 6.61 Å². The summed E-state index contributed by atoms with van der Waals surface area (Å²) in [5, 5.41) is 8.21. The van der Waals surface area contributed by atoms with Crippen LogP contribution in [0.4, 0.5) is 0 Å². The van der Waals surface area contributed by atoms with Gasteiger partial charge in [-0.3, -0.25) is 0 Å². The summed E-state index contributed by atoms with van der Waals surface area (Å²) in [4.78, 5) is 0. The average molecular weight is 210 g/mol. The third kappa shape index (κ3) is 8.16. The molecule has 0 unspecified atom stereocenters. The molecule has 1 aromatic rings. The van der Waals surface area contributed by atoms with E-state index in [9.17, 15) is 0 Å². The van der Waals surface area contributed by atoms with Crippen LogP contribution in [0.3, 0.4) is 0 Å². The summed E-state index contributed by atoms with van der Waals surface area (Å²) in [6.45, 7) is 7.86. The van der Waals surface area contributed by atoms with Crippen LogP contribution in [-0.2, 0) is 4.74 Å². The van der Waals surface area contributed by atoms with Gasteiger partial charge in [0.1, 0.15) is 0 Å². The smallest absolute Gasteiger partial charge is 0.0487 e. The monoisotopic (exact) mass is 210 g/mol. The van der Waals surface area contributed by atoms with Crippen molar-refractivity contribution in [3.63, 3.8) is 0 Å². The van der Waals surface area contributed by atoms with E-state index in [0.717, 1.165) is 13.0 Å². The molecule has 0 radical (unpaired) electrons. The quantitative estimate of drug-likeness (QED) is 0.774. The van der Waals surface area contributed by atoms with E-state index >= 15 is 0 Å². The molecule has 0 aliphatic carbocycles. The Morgan fingerprint density at radius 1 is 1.13 bits per heavy atom. The second-order valence-corrected chi connectivity index (χ2v) is 3.36. The molecule has 0 aliphatic heterocycles. The predicted octanol–water partition coefficient (Wildman–Crippen LogP) is 2.71. The zero-order valence-corrected chi connectivity index (χ0v) is 9.99. The highest BCUT2D eigenvalue weighted by Crippen LogP contribution is 2.02. The van der Waals surface area contributed by atoms with Crippen LogP contribution in [0.1, 0.15) is 24.5 Å². The van der Waals surface area contributed by atoms with Crippen molar-refractivity contribution >= 4 is 0 Å². The zero-order valence-electron chi connectivity index (χ0n) is 9.99. The number of aryl methyl sites for hydroxylation is 2. The van der Waals surface area contributed by atoms with Gasteiger partial charge in [-0.2, -0.15) is 0 Å². The molecule has 0 saturated heterocycles.